The Bertz CT molecular complexity index is 1200. The van der Waals surface area contributed by atoms with E-state index >= 15 is 8.78 Å². The van der Waals surface area contributed by atoms with Crippen molar-refractivity contribution in [2.24, 2.45) is 0 Å². The minimum atomic E-state index is -4.92. The number of aliphatic hydroxyl groups is 2. The Morgan fingerprint density at radius 3 is 2.58 bits per heavy atom. The third kappa shape index (κ3) is 6.67. The van der Waals surface area contributed by atoms with Gasteiger partial charge in [0.25, 0.3) is 11.8 Å². The van der Waals surface area contributed by atoms with E-state index in [1.54, 1.807) is 6.92 Å². The minimum Gasteiger partial charge on any atom is -0.494 e. The number of allylic oxidation sites excluding steroid dienone is 1. The molecule has 2 aromatic carbocycles. The van der Waals surface area contributed by atoms with Crippen molar-refractivity contribution in [2.75, 3.05) is 31.2 Å². The SMILES string of the molecule is CCCOc1ccc(C(=O)N2CCC(F)(F)C(=CC(=O)NC[C@@H](O)CO)c3ccccc32)c(C(F)(F)F)c1. The lowest BCUT2D eigenvalue weighted by Crippen LogP contribution is -2.34. The van der Waals surface area contributed by atoms with Crippen molar-refractivity contribution >= 4 is 23.1 Å². The largest absolute Gasteiger partial charge is 0.494 e. The van der Waals surface area contributed by atoms with Crippen molar-refractivity contribution in [1.29, 1.82) is 0 Å². The first-order chi connectivity index (χ1) is 17.9. The summed E-state index contributed by atoms with van der Waals surface area (Å²) in [6, 6.07) is 8.25. The normalized spacial score (nSPS) is 16.9. The summed E-state index contributed by atoms with van der Waals surface area (Å²) in [4.78, 5) is 26.6. The van der Waals surface area contributed by atoms with E-state index in [1.165, 1.54) is 30.3 Å². The number of nitrogens with zero attached hydrogens (tertiary/aromatic N) is 1. The maximum Gasteiger partial charge on any atom is 0.417 e. The first-order valence-corrected chi connectivity index (χ1v) is 11.8. The monoisotopic (exact) mass is 542 g/mol. The molecule has 2 amide bonds. The summed E-state index contributed by atoms with van der Waals surface area (Å²) in [5.41, 5.74) is -3.04. The zero-order valence-corrected chi connectivity index (χ0v) is 20.4. The molecule has 3 N–H and O–H groups in total. The lowest BCUT2D eigenvalue weighted by molar-refractivity contribution is -0.138. The smallest absolute Gasteiger partial charge is 0.417 e. The predicted octanol–water partition coefficient (Wildman–Crippen LogP) is 4.03. The summed E-state index contributed by atoms with van der Waals surface area (Å²) < 4.78 is 77.5. The molecule has 0 spiro atoms. The number of hydrogen-bond acceptors (Lipinski definition) is 5. The maximum atomic E-state index is 15.2. The number of nitrogens with one attached hydrogen (secondary N) is 1. The van der Waals surface area contributed by atoms with Gasteiger partial charge in [-0.1, -0.05) is 25.1 Å². The fourth-order valence-corrected chi connectivity index (χ4v) is 3.90. The van der Waals surface area contributed by atoms with Crippen LogP contribution in [0.2, 0.25) is 0 Å². The van der Waals surface area contributed by atoms with Gasteiger partial charge >= 0.3 is 6.18 Å². The molecule has 0 aromatic heterocycles. The first-order valence-electron chi connectivity index (χ1n) is 11.8. The molecule has 38 heavy (non-hydrogen) atoms. The molecule has 0 saturated heterocycles. The molecule has 7 nitrogen and oxygen atoms in total. The first kappa shape index (κ1) is 29.1. The van der Waals surface area contributed by atoms with Gasteiger partial charge in [-0.3, -0.25) is 9.59 Å². The number of amides is 2. The highest BCUT2D eigenvalue weighted by Crippen LogP contribution is 2.44. The molecule has 1 heterocycles. The molecule has 3 rings (SSSR count). The highest BCUT2D eigenvalue weighted by Gasteiger charge is 2.43. The van der Waals surface area contributed by atoms with E-state index in [4.69, 9.17) is 9.84 Å². The van der Waals surface area contributed by atoms with E-state index < -0.39 is 72.8 Å². The van der Waals surface area contributed by atoms with Crippen molar-refractivity contribution in [3.05, 3.63) is 65.2 Å². The Hall–Kier alpha value is -3.51. The molecule has 2 aromatic rings. The number of benzene rings is 2. The maximum absolute atomic E-state index is 15.2. The van der Waals surface area contributed by atoms with Gasteiger partial charge < -0.3 is 25.2 Å². The van der Waals surface area contributed by atoms with Gasteiger partial charge in [0, 0.05) is 36.7 Å². The number of carbonyl (C=O) groups is 2. The van der Waals surface area contributed by atoms with Crippen LogP contribution in [0.1, 0.15) is 41.3 Å². The third-order valence-corrected chi connectivity index (χ3v) is 5.77. The Kier molecular flexibility index (Phi) is 9.10. The van der Waals surface area contributed by atoms with E-state index in [0.717, 1.165) is 11.0 Å². The number of anilines is 1. The number of aliphatic hydroxyl groups excluding tert-OH is 2. The summed E-state index contributed by atoms with van der Waals surface area (Å²) in [5.74, 6) is -5.83. The van der Waals surface area contributed by atoms with Crippen molar-refractivity contribution < 1.29 is 46.5 Å². The lowest BCUT2D eigenvalue weighted by Gasteiger charge is -2.24. The van der Waals surface area contributed by atoms with Gasteiger partial charge in [0.15, 0.2) is 0 Å². The zero-order chi connectivity index (χ0) is 28.1. The average Bonchev–Trinajstić information content (AvgIpc) is 2.98. The molecule has 0 fully saturated rings. The number of fused-ring (bicyclic) bond motifs is 1. The Balaban J connectivity index is 2.05. The summed E-state index contributed by atoms with van der Waals surface area (Å²) >= 11 is 0. The number of hydrogen-bond donors (Lipinski definition) is 3. The van der Waals surface area contributed by atoms with E-state index in [1.807, 2.05) is 0 Å². The Morgan fingerprint density at radius 2 is 1.92 bits per heavy atom. The molecule has 1 aliphatic heterocycles. The van der Waals surface area contributed by atoms with Crippen LogP contribution in [0.15, 0.2) is 48.5 Å². The molecule has 206 valence electrons. The van der Waals surface area contributed by atoms with Gasteiger partial charge in [-0.15, -0.1) is 0 Å². The van der Waals surface area contributed by atoms with Crippen molar-refractivity contribution in [1.82, 2.24) is 5.32 Å². The van der Waals surface area contributed by atoms with Crippen LogP contribution in [0, 0.1) is 0 Å². The average molecular weight is 543 g/mol. The van der Waals surface area contributed by atoms with Crippen LogP contribution in [-0.4, -0.2) is 60.4 Å². The van der Waals surface area contributed by atoms with Crippen molar-refractivity contribution in [2.45, 2.75) is 38.0 Å². The second kappa shape index (κ2) is 11.9. The molecule has 0 bridgehead atoms. The molecule has 12 heteroatoms. The number of carbonyl (C=O) groups excluding carboxylic acids is 2. The fraction of sp³-hybridized carbons (Fsp3) is 0.385. The zero-order valence-electron chi connectivity index (χ0n) is 20.4. The molecule has 0 saturated carbocycles. The van der Waals surface area contributed by atoms with E-state index in [2.05, 4.69) is 5.32 Å². The number of rotatable bonds is 8. The van der Waals surface area contributed by atoms with Crippen molar-refractivity contribution in [3.8, 4) is 5.75 Å². The summed E-state index contributed by atoms with van der Waals surface area (Å²) in [6.45, 7) is 0.269. The topological polar surface area (TPSA) is 99.1 Å². The molecule has 1 aliphatic rings. The third-order valence-electron chi connectivity index (χ3n) is 5.77. The molecular formula is C26H27F5N2O5. The molecular weight excluding hydrogens is 515 g/mol. The van der Waals surface area contributed by atoms with Gasteiger partial charge in [-0.05, 0) is 30.7 Å². The number of ether oxygens (including phenoxy) is 1. The molecule has 0 aliphatic carbocycles. The van der Waals surface area contributed by atoms with Crippen LogP contribution in [-0.2, 0) is 11.0 Å². The van der Waals surface area contributed by atoms with Crippen LogP contribution in [0.4, 0.5) is 27.6 Å². The fourth-order valence-electron chi connectivity index (χ4n) is 3.90. The van der Waals surface area contributed by atoms with Gasteiger partial charge in [-0.25, -0.2) is 8.78 Å². The summed E-state index contributed by atoms with van der Waals surface area (Å²) in [7, 11) is 0. The Labute approximate surface area is 215 Å². The Morgan fingerprint density at radius 1 is 1.21 bits per heavy atom. The van der Waals surface area contributed by atoms with Crippen LogP contribution in [0.5, 0.6) is 5.75 Å². The molecule has 0 radical (unpaired) electrons. The second-order valence-corrected chi connectivity index (χ2v) is 8.62. The van der Waals surface area contributed by atoms with Crippen LogP contribution in [0.25, 0.3) is 5.57 Å². The molecule has 1 atom stereocenters. The second-order valence-electron chi connectivity index (χ2n) is 8.62. The van der Waals surface area contributed by atoms with Crippen LogP contribution < -0.4 is 15.0 Å². The summed E-state index contributed by atoms with van der Waals surface area (Å²) in [6.07, 6.45) is -6.01. The van der Waals surface area contributed by atoms with Gasteiger partial charge in [0.1, 0.15) is 5.75 Å². The summed E-state index contributed by atoms with van der Waals surface area (Å²) in [5, 5.41) is 20.5. The standard InChI is InChI=1S/C26H27F5N2O5/c1-2-11-38-17-7-8-19(21(12-17)26(29,30)31)24(37)33-10-9-25(27,28)20(18-5-3-4-6-22(18)33)13-23(36)32-14-16(35)15-34/h3-8,12-13,16,34-35H,2,9-11,14-15H2,1H3,(H,32,36)/t16-/m1/s1. The van der Waals surface area contributed by atoms with Crippen LogP contribution in [0.3, 0.4) is 0 Å². The van der Waals surface area contributed by atoms with Crippen LogP contribution >= 0.6 is 0 Å². The lowest BCUT2D eigenvalue weighted by atomic mass is 9.97. The quantitative estimate of drug-likeness (QED) is 0.346. The van der Waals surface area contributed by atoms with Crippen molar-refractivity contribution in [3.63, 3.8) is 0 Å². The van der Waals surface area contributed by atoms with Gasteiger partial charge in [0.05, 0.1) is 36.1 Å². The van der Waals surface area contributed by atoms with E-state index in [-0.39, 0.29) is 23.6 Å². The van der Waals surface area contributed by atoms with Gasteiger partial charge in [-0.2, -0.15) is 13.2 Å². The molecule has 0 unspecified atom stereocenters. The number of halogens is 5. The highest BCUT2D eigenvalue weighted by molar-refractivity contribution is 6.10. The minimum absolute atomic E-state index is 0.0823. The highest BCUT2D eigenvalue weighted by atomic mass is 19.4. The van der Waals surface area contributed by atoms with Gasteiger partial charge in [0.2, 0.25) is 5.91 Å². The van der Waals surface area contributed by atoms with E-state index in [0.29, 0.717) is 18.6 Å². The van der Waals surface area contributed by atoms with E-state index in [9.17, 15) is 27.9 Å². The number of alkyl halides is 5. The number of para-hydroxylation sites is 1. The predicted molar refractivity (Wildman–Crippen MR) is 129 cm³/mol.